The third-order valence-corrected chi connectivity index (χ3v) is 1.02. The molecule has 0 radical (unpaired) electrons. The number of aliphatic hydroxyl groups is 1. The summed E-state index contributed by atoms with van der Waals surface area (Å²) in [5, 5.41) is 8.50. The van der Waals surface area contributed by atoms with Crippen LogP contribution in [0, 0.1) is 0 Å². The Morgan fingerprint density at radius 1 is 1.55 bits per heavy atom. The second-order valence-electron chi connectivity index (χ2n) is 1.97. The first-order valence-electron chi connectivity index (χ1n) is 3.05. The predicted molar refractivity (Wildman–Crippen MR) is 36.2 cm³/mol. The lowest BCUT2D eigenvalue weighted by atomic mass is 10.2. The molecule has 0 rings (SSSR count). The van der Waals surface area contributed by atoms with E-state index in [1.54, 1.807) is 6.92 Å². The fourth-order valence-corrected chi connectivity index (χ4v) is 0.601. The van der Waals surface area contributed by atoms with Crippen LogP contribution in [0.1, 0.15) is 13.3 Å². The minimum absolute atomic E-state index is 0.217. The fourth-order valence-electron chi connectivity index (χ4n) is 0.601. The molecule has 0 aliphatic heterocycles. The molecule has 0 spiro atoms. The van der Waals surface area contributed by atoms with E-state index in [0.29, 0.717) is 0 Å². The molecule has 0 aliphatic carbocycles. The Labute approximate surface area is 62.8 Å². The van der Waals surface area contributed by atoms with E-state index in [1.165, 1.54) is 0 Å². The van der Waals surface area contributed by atoms with Crippen molar-refractivity contribution in [3.05, 3.63) is 24.0 Å². The first kappa shape index (κ1) is 10.1. The van der Waals surface area contributed by atoms with Gasteiger partial charge in [0, 0.05) is 0 Å². The van der Waals surface area contributed by atoms with Gasteiger partial charge >= 0.3 is 6.18 Å². The maximum atomic E-state index is 11.9. The van der Waals surface area contributed by atoms with Crippen molar-refractivity contribution >= 4 is 0 Å². The molecule has 1 nitrogen and oxygen atoms in total. The molecule has 11 heavy (non-hydrogen) atoms. The molecule has 0 heterocycles. The molecule has 0 aromatic heterocycles. The van der Waals surface area contributed by atoms with Gasteiger partial charge in [-0.2, -0.15) is 13.2 Å². The first-order chi connectivity index (χ1) is 4.89. The van der Waals surface area contributed by atoms with Crippen molar-refractivity contribution in [2.75, 3.05) is 0 Å². The van der Waals surface area contributed by atoms with Gasteiger partial charge in [-0.3, -0.25) is 0 Å². The molecule has 0 aromatic carbocycles. The SMILES string of the molecule is C=C(O)/C(=C\CC)C(F)(F)F. The zero-order valence-corrected chi connectivity index (χ0v) is 6.07. The fraction of sp³-hybridized carbons (Fsp3) is 0.429. The van der Waals surface area contributed by atoms with Gasteiger partial charge in [-0.1, -0.05) is 19.6 Å². The Morgan fingerprint density at radius 3 is 2.09 bits per heavy atom. The molecular formula is C7H9F3O. The standard InChI is InChI=1S/C7H9F3O/c1-3-4-6(5(2)11)7(8,9)10/h4,11H,2-3H2,1H3/b6-4+. The second kappa shape index (κ2) is 3.46. The number of halogens is 3. The Morgan fingerprint density at radius 2 is 2.00 bits per heavy atom. The summed E-state index contributed by atoms with van der Waals surface area (Å²) < 4.78 is 35.6. The zero-order chi connectivity index (χ0) is 9.07. The minimum Gasteiger partial charge on any atom is -0.508 e. The second-order valence-corrected chi connectivity index (χ2v) is 1.97. The van der Waals surface area contributed by atoms with Crippen molar-refractivity contribution in [1.29, 1.82) is 0 Å². The lowest BCUT2D eigenvalue weighted by Gasteiger charge is -2.08. The van der Waals surface area contributed by atoms with E-state index >= 15 is 0 Å². The smallest absolute Gasteiger partial charge is 0.419 e. The highest BCUT2D eigenvalue weighted by Crippen LogP contribution is 2.29. The van der Waals surface area contributed by atoms with Crippen LogP contribution in [0.3, 0.4) is 0 Å². The van der Waals surface area contributed by atoms with Crippen molar-refractivity contribution in [1.82, 2.24) is 0 Å². The van der Waals surface area contributed by atoms with E-state index in [9.17, 15) is 13.2 Å². The Hall–Kier alpha value is -0.930. The highest BCUT2D eigenvalue weighted by Gasteiger charge is 2.34. The maximum Gasteiger partial charge on any atom is 0.419 e. The number of rotatable bonds is 2. The normalized spacial score (nSPS) is 13.3. The molecule has 0 amide bonds. The van der Waals surface area contributed by atoms with Gasteiger partial charge < -0.3 is 5.11 Å². The number of hydrogen-bond acceptors (Lipinski definition) is 1. The number of alkyl halides is 3. The van der Waals surface area contributed by atoms with Crippen LogP contribution in [0.4, 0.5) is 13.2 Å². The molecule has 0 saturated carbocycles. The summed E-state index contributed by atoms with van der Waals surface area (Å²) in [6.45, 7) is 4.36. The van der Waals surface area contributed by atoms with Crippen LogP contribution in [0.25, 0.3) is 0 Å². The zero-order valence-electron chi connectivity index (χ0n) is 6.07. The number of hydrogen-bond donors (Lipinski definition) is 1. The van der Waals surface area contributed by atoms with Crippen molar-refractivity contribution in [2.45, 2.75) is 19.5 Å². The molecular weight excluding hydrogens is 157 g/mol. The van der Waals surface area contributed by atoms with E-state index in [1.807, 2.05) is 0 Å². The van der Waals surface area contributed by atoms with Gasteiger partial charge in [-0.15, -0.1) is 0 Å². The predicted octanol–water partition coefficient (Wildman–Crippen LogP) is 2.96. The van der Waals surface area contributed by atoms with Gasteiger partial charge in [0.25, 0.3) is 0 Å². The van der Waals surface area contributed by atoms with Gasteiger partial charge in [0.2, 0.25) is 0 Å². The summed E-state index contributed by atoms with van der Waals surface area (Å²) in [6, 6.07) is 0. The van der Waals surface area contributed by atoms with Crippen LogP contribution in [-0.4, -0.2) is 11.3 Å². The van der Waals surface area contributed by atoms with Crippen LogP contribution >= 0.6 is 0 Å². The molecule has 64 valence electrons. The first-order valence-corrected chi connectivity index (χ1v) is 3.05. The summed E-state index contributed by atoms with van der Waals surface area (Å²) in [7, 11) is 0. The van der Waals surface area contributed by atoms with Gasteiger partial charge in [0.15, 0.2) is 0 Å². The van der Waals surface area contributed by atoms with Gasteiger partial charge in [-0.05, 0) is 6.42 Å². The van der Waals surface area contributed by atoms with Crippen molar-refractivity contribution < 1.29 is 18.3 Å². The van der Waals surface area contributed by atoms with E-state index < -0.39 is 17.5 Å². The topological polar surface area (TPSA) is 20.2 Å². The molecule has 1 N–H and O–H groups in total. The van der Waals surface area contributed by atoms with E-state index in [2.05, 4.69) is 6.58 Å². The Balaban J connectivity index is 4.63. The van der Waals surface area contributed by atoms with E-state index in [-0.39, 0.29) is 6.42 Å². The summed E-state index contributed by atoms with van der Waals surface area (Å²) in [6.07, 6.45) is -3.39. The van der Waals surface area contributed by atoms with E-state index in [4.69, 9.17) is 5.11 Å². The molecule has 0 aromatic rings. The summed E-state index contributed by atoms with van der Waals surface area (Å²) in [4.78, 5) is 0. The summed E-state index contributed by atoms with van der Waals surface area (Å²) in [5.41, 5.74) is -1.06. The van der Waals surface area contributed by atoms with E-state index in [0.717, 1.165) is 6.08 Å². The summed E-state index contributed by atoms with van der Waals surface area (Å²) in [5.74, 6) is -0.931. The third-order valence-electron chi connectivity index (χ3n) is 1.02. The molecule has 0 fully saturated rings. The quantitative estimate of drug-likeness (QED) is 0.494. The van der Waals surface area contributed by atoms with Crippen molar-refractivity contribution in [3.8, 4) is 0 Å². The maximum absolute atomic E-state index is 11.9. The largest absolute Gasteiger partial charge is 0.508 e. The average Bonchev–Trinajstić information content (AvgIpc) is 1.79. The molecule has 0 aliphatic rings. The highest BCUT2D eigenvalue weighted by molar-refractivity contribution is 5.26. The van der Waals surface area contributed by atoms with Crippen LogP contribution in [0.15, 0.2) is 24.0 Å². The van der Waals surface area contributed by atoms with Crippen LogP contribution < -0.4 is 0 Å². The van der Waals surface area contributed by atoms with Crippen LogP contribution in [-0.2, 0) is 0 Å². The third kappa shape index (κ3) is 3.11. The Bertz CT molecular complexity index is 179. The van der Waals surface area contributed by atoms with Crippen LogP contribution in [0.5, 0.6) is 0 Å². The number of allylic oxidation sites excluding steroid dienone is 2. The molecule has 0 saturated heterocycles. The molecule has 0 bridgehead atoms. The minimum atomic E-state index is -4.50. The molecule has 0 unspecified atom stereocenters. The molecule has 4 heteroatoms. The lowest BCUT2D eigenvalue weighted by Crippen LogP contribution is -2.13. The Kier molecular flexibility index (Phi) is 3.17. The lowest BCUT2D eigenvalue weighted by molar-refractivity contribution is -0.0925. The molecule has 0 atom stereocenters. The monoisotopic (exact) mass is 166 g/mol. The van der Waals surface area contributed by atoms with Gasteiger partial charge in [0.1, 0.15) is 5.76 Å². The van der Waals surface area contributed by atoms with Crippen LogP contribution in [0.2, 0.25) is 0 Å². The highest BCUT2D eigenvalue weighted by atomic mass is 19.4. The van der Waals surface area contributed by atoms with Crippen molar-refractivity contribution in [3.63, 3.8) is 0 Å². The summed E-state index contributed by atoms with van der Waals surface area (Å²) >= 11 is 0. The number of aliphatic hydroxyl groups excluding tert-OH is 1. The van der Waals surface area contributed by atoms with Gasteiger partial charge in [0.05, 0.1) is 5.57 Å². The van der Waals surface area contributed by atoms with Crippen molar-refractivity contribution in [2.24, 2.45) is 0 Å². The average molecular weight is 166 g/mol. The van der Waals surface area contributed by atoms with Gasteiger partial charge in [-0.25, -0.2) is 0 Å².